The first-order valence-corrected chi connectivity index (χ1v) is 9.23. The van der Waals surface area contributed by atoms with E-state index in [1.165, 1.54) is 0 Å². The second kappa shape index (κ2) is 6.61. The Morgan fingerprint density at radius 1 is 1.12 bits per heavy atom. The van der Waals surface area contributed by atoms with E-state index in [-0.39, 0.29) is 6.16 Å². The van der Waals surface area contributed by atoms with Gasteiger partial charge in [0.15, 0.2) is 0 Å². The average molecular weight is 344 g/mol. The molecule has 0 saturated carbocycles. The first-order chi connectivity index (χ1) is 11.5. The highest BCUT2D eigenvalue weighted by Crippen LogP contribution is 2.44. The van der Waals surface area contributed by atoms with Crippen molar-refractivity contribution in [2.75, 3.05) is 0 Å². The maximum absolute atomic E-state index is 12.6. The van der Waals surface area contributed by atoms with E-state index in [0.717, 1.165) is 10.9 Å². The van der Waals surface area contributed by atoms with Crippen LogP contribution < -0.4 is 5.09 Å². The second-order valence-corrected chi connectivity index (χ2v) is 7.51. The van der Waals surface area contributed by atoms with E-state index in [4.69, 9.17) is 0 Å². The summed E-state index contributed by atoms with van der Waals surface area (Å²) in [4.78, 5) is 24.8. The summed E-state index contributed by atoms with van der Waals surface area (Å²) in [6.45, 7) is 0. The number of nitrogens with one attached hydrogen (secondary N) is 2. The minimum Gasteiger partial charge on any atom is -0.480 e. The number of aromatic nitrogens is 1. The topological polar surface area (TPSA) is 102 Å². The van der Waals surface area contributed by atoms with Crippen molar-refractivity contribution in [3.63, 3.8) is 0 Å². The third-order valence-electron chi connectivity index (χ3n) is 3.77. The van der Waals surface area contributed by atoms with Crippen molar-refractivity contribution in [1.82, 2.24) is 10.1 Å². The number of benzene rings is 2. The number of aromatic amines is 1. The van der Waals surface area contributed by atoms with Gasteiger partial charge in [-0.2, -0.15) is 0 Å². The minimum atomic E-state index is -3.91. The lowest BCUT2D eigenvalue weighted by atomic mass is 10.1. The van der Waals surface area contributed by atoms with Gasteiger partial charge in [-0.3, -0.25) is 9.36 Å². The molecule has 3 rings (SSSR count). The first kappa shape index (κ1) is 16.5. The Balaban J connectivity index is 1.84. The lowest BCUT2D eigenvalue weighted by Crippen LogP contribution is -2.26. The maximum Gasteiger partial charge on any atom is 0.325 e. The third-order valence-corrected chi connectivity index (χ3v) is 5.20. The minimum absolute atomic E-state index is 0.159. The number of rotatable bonds is 6. The van der Waals surface area contributed by atoms with Gasteiger partial charge < -0.3 is 15.0 Å². The van der Waals surface area contributed by atoms with E-state index in [0.29, 0.717) is 11.1 Å². The number of carboxylic acid groups (broad SMARTS) is 1. The van der Waals surface area contributed by atoms with Gasteiger partial charge in [-0.05, 0) is 17.2 Å². The molecule has 0 bridgehead atoms. The Bertz CT molecular complexity index is 907. The van der Waals surface area contributed by atoms with Gasteiger partial charge in [0, 0.05) is 17.1 Å². The van der Waals surface area contributed by atoms with Crippen LogP contribution in [0.15, 0.2) is 60.8 Å². The van der Waals surface area contributed by atoms with Crippen molar-refractivity contribution in [1.29, 1.82) is 0 Å². The molecule has 0 spiro atoms. The highest BCUT2D eigenvalue weighted by atomic mass is 31.2. The fourth-order valence-electron chi connectivity index (χ4n) is 2.66. The number of fused-ring (bicyclic) bond motifs is 1. The fraction of sp³-hybridized carbons (Fsp3) is 0.118. The van der Waals surface area contributed by atoms with Crippen molar-refractivity contribution in [3.05, 3.63) is 71.9 Å². The highest BCUT2D eigenvalue weighted by molar-refractivity contribution is 7.55. The molecule has 0 radical (unpaired) electrons. The molecule has 1 heterocycles. The van der Waals surface area contributed by atoms with Crippen molar-refractivity contribution in [3.8, 4) is 0 Å². The predicted octanol–water partition coefficient (Wildman–Crippen LogP) is 3.27. The largest absolute Gasteiger partial charge is 0.480 e. The Labute approximate surface area is 138 Å². The summed E-state index contributed by atoms with van der Waals surface area (Å²) in [5.41, 5.74) is 1.96. The molecule has 0 aliphatic rings. The fourth-order valence-corrected chi connectivity index (χ4v) is 4.14. The molecule has 0 aliphatic heterocycles. The molecule has 7 heteroatoms. The zero-order valence-corrected chi connectivity index (χ0v) is 13.6. The zero-order valence-electron chi connectivity index (χ0n) is 12.7. The molecule has 2 atom stereocenters. The molecule has 6 nitrogen and oxygen atoms in total. The van der Waals surface area contributed by atoms with Crippen LogP contribution in [0.3, 0.4) is 0 Å². The molecule has 1 aromatic heterocycles. The number of hydrogen-bond acceptors (Lipinski definition) is 2. The van der Waals surface area contributed by atoms with Crippen LogP contribution in [-0.2, 0) is 15.5 Å². The molecular weight excluding hydrogens is 327 g/mol. The van der Waals surface area contributed by atoms with Crippen LogP contribution in [0.5, 0.6) is 0 Å². The summed E-state index contributed by atoms with van der Waals surface area (Å²) in [5.74, 6) is -1.20. The molecule has 2 unspecified atom stereocenters. The molecular formula is C17H17N2O4P. The van der Waals surface area contributed by atoms with Crippen LogP contribution >= 0.6 is 7.52 Å². The van der Waals surface area contributed by atoms with Gasteiger partial charge in [0.2, 0.25) is 0 Å². The summed E-state index contributed by atoms with van der Waals surface area (Å²) in [5, 5.41) is 12.6. The van der Waals surface area contributed by atoms with Crippen molar-refractivity contribution in [2.24, 2.45) is 0 Å². The van der Waals surface area contributed by atoms with Gasteiger partial charge in [-0.1, -0.05) is 48.5 Å². The number of carbonyl (C=O) groups is 1. The van der Waals surface area contributed by atoms with Gasteiger partial charge in [0.25, 0.3) is 7.52 Å². The molecule has 124 valence electrons. The molecule has 2 aromatic carbocycles. The zero-order chi connectivity index (χ0) is 17.2. The van der Waals surface area contributed by atoms with Gasteiger partial charge in [0.05, 0.1) is 6.16 Å². The first-order valence-electron chi connectivity index (χ1n) is 7.39. The number of carboxylic acids is 1. The van der Waals surface area contributed by atoms with E-state index >= 15 is 0 Å². The van der Waals surface area contributed by atoms with Crippen molar-refractivity contribution >= 4 is 24.4 Å². The van der Waals surface area contributed by atoms with E-state index in [2.05, 4.69) is 10.1 Å². The standard InChI is InChI=1S/C17H17N2O4P/c20-17(21)16(12-6-2-1-3-7-12)19-24(22,23)11-13-10-18-15-9-5-4-8-14(13)15/h1-10,16,18H,11H2,(H,20,21)(H2,19,22,23). The SMILES string of the molecule is O=C(O)C(NP(=O)(O)Cc1c[nH]c2ccccc12)c1ccccc1. The van der Waals surface area contributed by atoms with Crippen LogP contribution in [0.4, 0.5) is 0 Å². The van der Waals surface area contributed by atoms with Crippen LogP contribution in [0.1, 0.15) is 17.2 Å². The Morgan fingerprint density at radius 3 is 2.50 bits per heavy atom. The number of hydrogen-bond donors (Lipinski definition) is 4. The summed E-state index contributed by atoms with van der Waals surface area (Å²) in [7, 11) is -3.91. The van der Waals surface area contributed by atoms with Crippen molar-refractivity contribution < 1.29 is 19.4 Å². The van der Waals surface area contributed by atoms with E-state index in [9.17, 15) is 19.4 Å². The maximum atomic E-state index is 12.6. The number of para-hydroxylation sites is 1. The van der Waals surface area contributed by atoms with E-state index < -0.39 is 19.5 Å². The monoisotopic (exact) mass is 344 g/mol. The molecule has 4 N–H and O–H groups in total. The van der Waals surface area contributed by atoms with Crippen LogP contribution in [-0.4, -0.2) is 21.0 Å². The van der Waals surface area contributed by atoms with Crippen molar-refractivity contribution in [2.45, 2.75) is 12.2 Å². The summed E-state index contributed by atoms with van der Waals surface area (Å²) < 4.78 is 12.6. The third kappa shape index (κ3) is 3.57. The van der Waals surface area contributed by atoms with Gasteiger partial charge in [-0.25, -0.2) is 5.09 Å². The Morgan fingerprint density at radius 2 is 1.79 bits per heavy atom. The smallest absolute Gasteiger partial charge is 0.325 e. The average Bonchev–Trinajstić information content (AvgIpc) is 2.96. The Kier molecular flexibility index (Phi) is 4.53. The van der Waals surface area contributed by atoms with Crippen LogP contribution in [0, 0.1) is 0 Å². The van der Waals surface area contributed by atoms with Crippen LogP contribution in [0.25, 0.3) is 10.9 Å². The molecule has 0 aliphatic carbocycles. The van der Waals surface area contributed by atoms with Gasteiger partial charge in [0.1, 0.15) is 6.04 Å². The highest BCUT2D eigenvalue weighted by Gasteiger charge is 2.29. The molecule has 0 saturated heterocycles. The Hall–Kier alpha value is -2.40. The normalized spacial score (nSPS) is 15.0. The van der Waals surface area contributed by atoms with Gasteiger partial charge in [-0.15, -0.1) is 0 Å². The van der Waals surface area contributed by atoms with Gasteiger partial charge >= 0.3 is 5.97 Å². The summed E-state index contributed by atoms with van der Waals surface area (Å²) in [6.07, 6.45) is 1.52. The summed E-state index contributed by atoms with van der Waals surface area (Å²) >= 11 is 0. The molecule has 0 fully saturated rings. The quantitative estimate of drug-likeness (QED) is 0.514. The van der Waals surface area contributed by atoms with Crippen LogP contribution in [0.2, 0.25) is 0 Å². The molecule has 0 amide bonds. The van der Waals surface area contributed by atoms with E-state index in [1.807, 2.05) is 24.3 Å². The lowest BCUT2D eigenvalue weighted by Gasteiger charge is -2.19. The lowest BCUT2D eigenvalue weighted by molar-refractivity contribution is -0.139. The number of H-pyrrole nitrogens is 1. The molecule has 24 heavy (non-hydrogen) atoms. The number of aliphatic carboxylic acids is 1. The second-order valence-electron chi connectivity index (χ2n) is 5.53. The van der Waals surface area contributed by atoms with E-state index in [1.54, 1.807) is 36.5 Å². The molecule has 3 aromatic rings. The summed E-state index contributed by atoms with van der Waals surface area (Å²) in [6, 6.07) is 14.6. The predicted molar refractivity (Wildman–Crippen MR) is 91.8 cm³/mol.